The molecule has 8 nitrogen and oxygen atoms in total. The average Bonchev–Trinajstić information content (AvgIpc) is 2.83. The molecule has 1 aromatic carbocycles. The van der Waals surface area contributed by atoms with Gasteiger partial charge in [-0.15, -0.1) is 0 Å². The van der Waals surface area contributed by atoms with Crippen molar-refractivity contribution in [3.05, 3.63) is 47.2 Å². The number of carbonyl (C=O) groups excluding carboxylic acids is 2. The van der Waals surface area contributed by atoms with E-state index in [-0.39, 0.29) is 31.0 Å². The van der Waals surface area contributed by atoms with Gasteiger partial charge in [0.05, 0.1) is 39.1 Å². The molecule has 0 bridgehead atoms. The predicted octanol–water partition coefficient (Wildman–Crippen LogP) is 3.01. The van der Waals surface area contributed by atoms with Gasteiger partial charge in [0.15, 0.2) is 5.76 Å². The van der Waals surface area contributed by atoms with E-state index < -0.39 is 6.29 Å². The summed E-state index contributed by atoms with van der Waals surface area (Å²) in [5, 5.41) is 8.83. The number of likely N-dealkylation sites (tertiary alicyclic amines) is 1. The number of benzene rings is 1. The Morgan fingerprint density at radius 2 is 1.73 bits per heavy atom. The van der Waals surface area contributed by atoms with Crippen LogP contribution < -0.4 is 0 Å². The van der Waals surface area contributed by atoms with E-state index in [1.54, 1.807) is 12.1 Å². The summed E-state index contributed by atoms with van der Waals surface area (Å²) in [4.78, 5) is 26.9. The first-order chi connectivity index (χ1) is 16.1. The van der Waals surface area contributed by atoms with Gasteiger partial charge in [-0.2, -0.15) is 0 Å². The van der Waals surface area contributed by atoms with Crippen LogP contribution in [0.1, 0.15) is 60.4 Å². The first-order valence-electron chi connectivity index (χ1n) is 11.8. The number of amides is 1. The number of esters is 1. The summed E-state index contributed by atoms with van der Waals surface area (Å²) in [6, 6.07) is 7.20. The smallest absolute Gasteiger partial charge is 0.337 e. The summed E-state index contributed by atoms with van der Waals surface area (Å²) in [5.74, 6) is -0.272. The maximum absolute atomic E-state index is 13.3. The largest absolute Gasteiger partial charge is 0.465 e. The van der Waals surface area contributed by atoms with E-state index in [1.807, 2.05) is 23.1 Å². The van der Waals surface area contributed by atoms with Gasteiger partial charge in [0.25, 0.3) is 5.91 Å². The Labute approximate surface area is 195 Å². The van der Waals surface area contributed by atoms with Crippen molar-refractivity contribution in [2.75, 3.05) is 46.6 Å². The van der Waals surface area contributed by atoms with Crippen molar-refractivity contribution in [3.63, 3.8) is 0 Å². The van der Waals surface area contributed by atoms with E-state index in [2.05, 4.69) is 0 Å². The third kappa shape index (κ3) is 7.55. The Hall–Kier alpha value is -2.42. The SMILES string of the molecule is COC(=O)c1ccc([C@H]2C=C(C(=O)N3CCCCCCC3)O[C@@H](OCCOCCO)C2)cc1. The number of aliphatic hydroxyl groups excluding tert-OH is 1. The van der Waals surface area contributed by atoms with E-state index in [1.165, 1.54) is 13.5 Å². The van der Waals surface area contributed by atoms with E-state index in [0.717, 1.165) is 44.3 Å². The minimum atomic E-state index is -0.591. The van der Waals surface area contributed by atoms with Gasteiger partial charge < -0.3 is 29.0 Å². The highest BCUT2D eigenvalue weighted by atomic mass is 16.7. The van der Waals surface area contributed by atoms with Crippen LogP contribution in [-0.2, 0) is 23.7 Å². The van der Waals surface area contributed by atoms with Crippen LogP contribution in [0.2, 0.25) is 0 Å². The topological polar surface area (TPSA) is 94.5 Å². The van der Waals surface area contributed by atoms with Gasteiger partial charge in [0, 0.05) is 25.4 Å². The molecule has 0 spiro atoms. The minimum Gasteiger partial charge on any atom is -0.465 e. The number of methoxy groups -OCH3 is 1. The van der Waals surface area contributed by atoms with Crippen molar-refractivity contribution in [3.8, 4) is 0 Å². The van der Waals surface area contributed by atoms with Gasteiger partial charge in [0.2, 0.25) is 6.29 Å². The lowest BCUT2D eigenvalue weighted by atomic mass is 9.92. The van der Waals surface area contributed by atoms with Gasteiger partial charge in [-0.05, 0) is 36.6 Å². The monoisotopic (exact) mass is 461 g/mol. The van der Waals surface area contributed by atoms with E-state index >= 15 is 0 Å². The number of rotatable bonds is 9. The lowest BCUT2D eigenvalue weighted by molar-refractivity contribution is -0.156. The molecule has 0 aromatic heterocycles. The molecule has 2 heterocycles. The lowest BCUT2D eigenvalue weighted by Gasteiger charge is -2.32. The van der Waals surface area contributed by atoms with Crippen molar-refractivity contribution in [1.82, 2.24) is 4.90 Å². The van der Waals surface area contributed by atoms with Crippen molar-refractivity contribution in [2.24, 2.45) is 0 Å². The van der Waals surface area contributed by atoms with Gasteiger partial charge >= 0.3 is 5.97 Å². The number of carbonyl (C=O) groups is 2. The zero-order chi connectivity index (χ0) is 23.5. The number of hydrogen-bond donors (Lipinski definition) is 1. The first kappa shape index (κ1) is 25.2. The third-order valence-electron chi connectivity index (χ3n) is 5.94. The summed E-state index contributed by atoms with van der Waals surface area (Å²) in [6.45, 7) is 2.31. The molecule has 2 aliphatic heterocycles. The van der Waals surface area contributed by atoms with Crippen LogP contribution in [0.25, 0.3) is 0 Å². The Morgan fingerprint density at radius 3 is 2.39 bits per heavy atom. The summed E-state index contributed by atoms with van der Waals surface area (Å²) in [6.07, 6.45) is 7.31. The zero-order valence-electron chi connectivity index (χ0n) is 19.4. The Kier molecular flexibility index (Phi) is 10.2. The quantitative estimate of drug-likeness (QED) is 0.446. The molecule has 1 saturated heterocycles. The highest BCUT2D eigenvalue weighted by Crippen LogP contribution is 2.32. The summed E-state index contributed by atoms with van der Waals surface area (Å²) in [5.41, 5.74) is 1.44. The molecule has 2 aliphatic rings. The molecule has 1 N–H and O–H groups in total. The highest BCUT2D eigenvalue weighted by molar-refractivity contribution is 5.92. The van der Waals surface area contributed by atoms with Crippen LogP contribution in [0.3, 0.4) is 0 Å². The lowest BCUT2D eigenvalue weighted by Crippen LogP contribution is -2.38. The van der Waals surface area contributed by atoms with Crippen LogP contribution >= 0.6 is 0 Å². The second-order valence-electron chi connectivity index (χ2n) is 8.30. The fourth-order valence-corrected chi connectivity index (χ4v) is 4.14. The van der Waals surface area contributed by atoms with E-state index in [9.17, 15) is 9.59 Å². The summed E-state index contributed by atoms with van der Waals surface area (Å²) in [7, 11) is 1.35. The Bertz CT molecular complexity index is 784. The van der Waals surface area contributed by atoms with Gasteiger partial charge in [0.1, 0.15) is 0 Å². The average molecular weight is 462 g/mol. The molecule has 33 heavy (non-hydrogen) atoms. The Morgan fingerprint density at radius 1 is 1.03 bits per heavy atom. The number of allylic oxidation sites excluding steroid dienone is 1. The van der Waals surface area contributed by atoms with Gasteiger partial charge in [-0.3, -0.25) is 4.79 Å². The van der Waals surface area contributed by atoms with E-state index in [4.69, 9.17) is 24.1 Å². The minimum absolute atomic E-state index is 0.0409. The summed E-state index contributed by atoms with van der Waals surface area (Å²) < 4.78 is 21.9. The predicted molar refractivity (Wildman–Crippen MR) is 122 cm³/mol. The second kappa shape index (κ2) is 13.3. The molecular weight excluding hydrogens is 426 g/mol. The van der Waals surface area contributed by atoms with Crippen molar-refractivity contribution in [1.29, 1.82) is 0 Å². The molecule has 1 fully saturated rings. The van der Waals surface area contributed by atoms with Crippen LogP contribution in [0.4, 0.5) is 0 Å². The number of hydrogen-bond acceptors (Lipinski definition) is 7. The van der Waals surface area contributed by atoms with Gasteiger partial charge in [-0.1, -0.05) is 31.4 Å². The molecule has 182 valence electrons. The molecular formula is C25H35NO7. The van der Waals surface area contributed by atoms with Crippen LogP contribution in [0, 0.1) is 0 Å². The van der Waals surface area contributed by atoms with Crippen molar-refractivity contribution < 1.29 is 33.6 Å². The molecule has 1 amide bonds. The van der Waals surface area contributed by atoms with Gasteiger partial charge in [-0.25, -0.2) is 4.79 Å². The molecule has 3 rings (SSSR count). The summed E-state index contributed by atoms with van der Waals surface area (Å²) >= 11 is 0. The third-order valence-corrected chi connectivity index (χ3v) is 5.94. The molecule has 0 saturated carbocycles. The molecule has 0 radical (unpaired) electrons. The van der Waals surface area contributed by atoms with Crippen LogP contribution in [-0.4, -0.2) is 74.8 Å². The maximum Gasteiger partial charge on any atom is 0.337 e. The van der Waals surface area contributed by atoms with Crippen LogP contribution in [0.15, 0.2) is 36.1 Å². The fraction of sp³-hybridized carbons (Fsp3) is 0.600. The van der Waals surface area contributed by atoms with Crippen LogP contribution in [0.5, 0.6) is 0 Å². The number of ether oxygens (including phenoxy) is 4. The second-order valence-corrected chi connectivity index (χ2v) is 8.30. The number of aliphatic hydroxyl groups is 1. The number of nitrogens with zero attached hydrogens (tertiary/aromatic N) is 1. The van der Waals surface area contributed by atoms with E-state index in [0.29, 0.717) is 31.0 Å². The fourth-order valence-electron chi connectivity index (χ4n) is 4.14. The normalized spacial score (nSPS) is 21.4. The van der Waals surface area contributed by atoms with Crippen molar-refractivity contribution >= 4 is 11.9 Å². The maximum atomic E-state index is 13.3. The molecule has 8 heteroatoms. The zero-order valence-corrected chi connectivity index (χ0v) is 19.4. The standard InChI is InChI=1S/C25H35NO7/c1-30-25(29)20-9-7-19(8-10-20)21-17-22(24(28)26-11-5-3-2-4-6-12-26)33-23(18-21)32-16-15-31-14-13-27/h7-10,17,21,23,27H,2-6,11-16,18H2,1H3/t21-,23+/m0/s1. The molecule has 0 aliphatic carbocycles. The van der Waals surface area contributed by atoms with Crippen molar-refractivity contribution in [2.45, 2.75) is 50.7 Å². The Balaban J connectivity index is 1.74. The molecule has 2 atom stereocenters. The first-order valence-corrected chi connectivity index (χ1v) is 11.8. The molecule has 0 unspecified atom stereocenters. The highest BCUT2D eigenvalue weighted by Gasteiger charge is 2.31. The molecule has 1 aromatic rings.